The molecule has 0 aliphatic rings. The van der Waals surface area contributed by atoms with E-state index in [1.807, 2.05) is 37.3 Å². The first kappa shape index (κ1) is 11.7. The van der Waals surface area contributed by atoms with Crippen LogP contribution in [0.2, 0.25) is 0 Å². The standard InChI is InChI=1S/C12H17NO2/c1-2-11(8-12(14)15)13-9-10-6-4-3-5-7-10/h3-7,11,13H,2,8-9H2,1H3,(H,14,15)/t11-/m0/s1. The van der Waals surface area contributed by atoms with Crippen LogP contribution in [-0.4, -0.2) is 12.0 Å². The van der Waals surface area contributed by atoms with Gasteiger partial charge >= 0.3 is 0 Å². The highest BCUT2D eigenvalue weighted by molar-refractivity contribution is 5.64. The summed E-state index contributed by atoms with van der Waals surface area (Å²) in [4.78, 5) is 10.4. The highest BCUT2D eigenvalue weighted by atomic mass is 16.4. The zero-order chi connectivity index (χ0) is 11.1. The van der Waals surface area contributed by atoms with Crippen LogP contribution < -0.4 is 10.4 Å². The number of carbonyl (C=O) groups excluding carboxylic acids is 1. The smallest absolute Gasteiger partial charge is 0.101 e. The van der Waals surface area contributed by atoms with E-state index >= 15 is 0 Å². The summed E-state index contributed by atoms with van der Waals surface area (Å²) in [6.45, 7) is 2.82. The van der Waals surface area contributed by atoms with E-state index in [-0.39, 0.29) is 12.5 Å². The summed E-state index contributed by atoms with van der Waals surface area (Å²) >= 11 is 0. The van der Waals surface area contributed by atoms with Gasteiger partial charge in [-0.05, 0) is 6.42 Å². The third kappa shape index (κ3) is 4.61. The van der Waals surface area contributed by atoms with E-state index in [1.165, 1.54) is 5.56 Å². The Bertz CT molecular complexity index is 298. The minimum atomic E-state index is -0.967. The summed E-state index contributed by atoms with van der Waals surface area (Å²) in [5.41, 5.74) is 1.22. The number of carboxylic acid groups (broad SMARTS) is 1. The van der Waals surface area contributed by atoms with Crippen LogP contribution in [0.15, 0.2) is 30.3 Å². The number of carboxylic acids is 1. The lowest BCUT2D eigenvalue weighted by molar-refractivity contribution is -0.704. The molecule has 0 aliphatic carbocycles. The minimum Gasteiger partial charge on any atom is -0.550 e. The second-order valence-corrected chi connectivity index (χ2v) is 3.67. The predicted octanol–water partition coefficient (Wildman–Crippen LogP) is -0.331. The number of carbonyl (C=O) groups is 1. The summed E-state index contributed by atoms with van der Waals surface area (Å²) in [5.74, 6) is -0.967. The summed E-state index contributed by atoms with van der Waals surface area (Å²) in [6, 6.07) is 10.2. The lowest BCUT2D eigenvalue weighted by Gasteiger charge is -2.14. The van der Waals surface area contributed by atoms with Crippen molar-refractivity contribution in [3.63, 3.8) is 0 Å². The summed E-state index contributed by atoms with van der Waals surface area (Å²) in [7, 11) is 0. The van der Waals surface area contributed by atoms with E-state index in [4.69, 9.17) is 0 Å². The molecule has 3 heteroatoms. The molecule has 1 aromatic carbocycles. The van der Waals surface area contributed by atoms with Gasteiger partial charge in [0.25, 0.3) is 0 Å². The van der Waals surface area contributed by atoms with Crippen LogP contribution in [0.1, 0.15) is 25.3 Å². The molecule has 15 heavy (non-hydrogen) atoms. The monoisotopic (exact) mass is 207 g/mol. The Morgan fingerprint density at radius 3 is 2.60 bits per heavy atom. The number of quaternary nitrogens is 1. The van der Waals surface area contributed by atoms with E-state index in [0.717, 1.165) is 13.0 Å². The molecular formula is C12H17NO2. The largest absolute Gasteiger partial charge is 0.550 e. The van der Waals surface area contributed by atoms with Gasteiger partial charge in [0.2, 0.25) is 0 Å². The summed E-state index contributed by atoms with van der Waals surface area (Å²) < 4.78 is 0. The van der Waals surface area contributed by atoms with Crippen molar-refractivity contribution in [1.82, 2.24) is 0 Å². The fourth-order valence-corrected chi connectivity index (χ4v) is 1.53. The van der Waals surface area contributed by atoms with Gasteiger partial charge in [-0.3, -0.25) is 0 Å². The van der Waals surface area contributed by atoms with Crippen molar-refractivity contribution in [3.8, 4) is 0 Å². The molecule has 2 N–H and O–H groups in total. The number of aliphatic carboxylic acids is 1. The maximum Gasteiger partial charge on any atom is 0.101 e. The molecule has 0 amide bonds. The van der Waals surface area contributed by atoms with Crippen LogP contribution in [0.4, 0.5) is 0 Å². The van der Waals surface area contributed by atoms with Gasteiger partial charge in [0.15, 0.2) is 0 Å². The van der Waals surface area contributed by atoms with Crippen molar-refractivity contribution in [2.24, 2.45) is 0 Å². The van der Waals surface area contributed by atoms with Gasteiger partial charge in [0.05, 0.1) is 6.04 Å². The normalized spacial score (nSPS) is 12.3. The van der Waals surface area contributed by atoms with Gasteiger partial charge in [-0.25, -0.2) is 0 Å². The van der Waals surface area contributed by atoms with E-state index in [2.05, 4.69) is 5.32 Å². The first-order valence-corrected chi connectivity index (χ1v) is 5.29. The van der Waals surface area contributed by atoms with Gasteiger partial charge in [-0.15, -0.1) is 0 Å². The van der Waals surface area contributed by atoms with E-state index in [0.29, 0.717) is 0 Å². The lowest BCUT2D eigenvalue weighted by Crippen LogP contribution is -2.88. The SMILES string of the molecule is CC[C@@H](CC(=O)[O-])[NH2+]Cc1ccccc1. The van der Waals surface area contributed by atoms with Crippen molar-refractivity contribution in [2.45, 2.75) is 32.4 Å². The van der Waals surface area contributed by atoms with Crippen molar-refractivity contribution >= 4 is 5.97 Å². The van der Waals surface area contributed by atoms with Crippen LogP contribution >= 0.6 is 0 Å². The molecule has 0 aliphatic heterocycles. The first-order chi connectivity index (χ1) is 7.22. The molecule has 1 rings (SSSR count). The molecule has 0 aromatic heterocycles. The highest BCUT2D eigenvalue weighted by Gasteiger charge is 2.09. The Morgan fingerprint density at radius 2 is 2.07 bits per heavy atom. The molecule has 0 bridgehead atoms. The van der Waals surface area contributed by atoms with Crippen molar-refractivity contribution in [1.29, 1.82) is 0 Å². The quantitative estimate of drug-likeness (QED) is 0.694. The number of hydrogen-bond donors (Lipinski definition) is 1. The van der Waals surface area contributed by atoms with Gasteiger partial charge in [-0.2, -0.15) is 0 Å². The van der Waals surface area contributed by atoms with Gasteiger partial charge in [0, 0.05) is 18.0 Å². The number of rotatable bonds is 6. The van der Waals surface area contributed by atoms with Crippen LogP contribution in [0.25, 0.3) is 0 Å². The number of benzene rings is 1. The van der Waals surface area contributed by atoms with E-state index in [9.17, 15) is 9.90 Å². The highest BCUT2D eigenvalue weighted by Crippen LogP contribution is 1.96. The first-order valence-electron chi connectivity index (χ1n) is 5.29. The molecule has 1 atom stereocenters. The van der Waals surface area contributed by atoms with Crippen LogP contribution in [0.5, 0.6) is 0 Å². The Kier molecular flexibility index (Phi) is 4.84. The topological polar surface area (TPSA) is 56.7 Å². The molecule has 0 spiro atoms. The average molecular weight is 207 g/mol. The van der Waals surface area contributed by atoms with Gasteiger partial charge < -0.3 is 15.2 Å². The molecule has 0 unspecified atom stereocenters. The molecule has 0 fully saturated rings. The fraction of sp³-hybridized carbons (Fsp3) is 0.417. The van der Waals surface area contributed by atoms with Gasteiger partial charge in [0.1, 0.15) is 6.54 Å². The maximum absolute atomic E-state index is 10.4. The molecule has 3 nitrogen and oxygen atoms in total. The fourth-order valence-electron chi connectivity index (χ4n) is 1.53. The van der Waals surface area contributed by atoms with Crippen LogP contribution in [-0.2, 0) is 11.3 Å². The van der Waals surface area contributed by atoms with Crippen molar-refractivity contribution in [3.05, 3.63) is 35.9 Å². The number of nitrogens with two attached hydrogens (primary N) is 1. The van der Waals surface area contributed by atoms with Crippen LogP contribution in [0.3, 0.4) is 0 Å². The zero-order valence-corrected chi connectivity index (χ0v) is 8.98. The Morgan fingerprint density at radius 1 is 1.40 bits per heavy atom. The third-order valence-electron chi connectivity index (χ3n) is 2.48. The minimum absolute atomic E-state index is 0.121. The molecule has 82 valence electrons. The second kappa shape index (κ2) is 6.19. The molecular weight excluding hydrogens is 190 g/mol. The van der Waals surface area contributed by atoms with E-state index < -0.39 is 5.97 Å². The summed E-state index contributed by atoms with van der Waals surface area (Å²) in [5, 5.41) is 12.5. The average Bonchev–Trinajstić information content (AvgIpc) is 2.25. The Hall–Kier alpha value is -1.35. The molecule has 1 aromatic rings. The molecule has 0 heterocycles. The Labute approximate surface area is 90.1 Å². The number of hydrogen-bond acceptors (Lipinski definition) is 2. The van der Waals surface area contributed by atoms with Crippen molar-refractivity contribution < 1.29 is 15.2 Å². The predicted molar refractivity (Wildman–Crippen MR) is 55.8 cm³/mol. The molecule has 0 saturated heterocycles. The summed E-state index contributed by atoms with van der Waals surface area (Å²) in [6.07, 6.45) is 0.976. The molecule has 0 radical (unpaired) electrons. The zero-order valence-electron chi connectivity index (χ0n) is 8.98. The van der Waals surface area contributed by atoms with Crippen LogP contribution in [0, 0.1) is 0 Å². The third-order valence-corrected chi connectivity index (χ3v) is 2.48. The second-order valence-electron chi connectivity index (χ2n) is 3.67. The van der Waals surface area contributed by atoms with Crippen molar-refractivity contribution in [2.75, 3.05) is 0 Å². The lowest BCUT2D eigenvalue weighted by atomic mass is 10.1. The van der Waals surface area contributed by atoms with Gasteiger partial charge in [-0.1, -0.05) is 37.3 Å². The maximum atomic E-state index is 10.4. The van der Waals surface area contributed by atoms with E-state index in [1.54, 1.807) is 0 Å². The molecule has 0 saturated carbocycles. The Balaban J connectivity index is 2.37.